The van der Waals surface area contributed by atoms with Crippen LogP contribution < -0.4 is 0 Å². The van der Waals surface area contributed by atoms with Crippen LogP contribution in [-0.2, 0) is 0 Å². The van der Waals surface area contributed by atoms with Crippen LogP contribution in [0.4, 0.5) is 0 Å². The number of alkyl halides is 1. The quantitative estimate of drug-likeness (QED) is 0.631. The summed E-state index contributed by atoms with van der Waals surface area (Å²) >= 11 is 6.25. The Balaban J connectivity index is 2.28. The molecule has 0 unspecified atom stereocenters. The van der Waals surface area contributed by atoms with Crippen molar-refractivity contribution in [1.82, 2.24) is 0 Å². The van der Waals surface area contributed by atoms with Gasteiger partial charge in [-0.2, -0.15) is 0 Å². The summed E-state index contributed by atoms with van der Waals surface area (Å²) in [5.74, 6) is -0.00554. The number of halogens is 1. The van der Waals surface area contributed by atoms with Gasteiger partial charge in [-0.25, -0.2) is 0 Å². The first kappa shape index (κ1) is 11.0. The molecular weight excluding hydrogens is 224 g/mol. The molecular formula is C13H11ClO2. The number of Topliss-reactive ketones (excluding diaryl/α,β-unsaturated/α-hetero) is 1. The highest BCUT2D eigenvalue weighted by Gasteiger charge is 2.33. The molecule has 1 atom stereocenters. The zero-order valence-electron chi connectivity index (χ0n) is 8.56. The first-order valence-corrected chi connectivity index (χ1v) is 5.37. The van der Waals surface area contributed by atoms with Gasteiger partial charge in [-0.15, -0.1) is 11.6 Å². The van der Waals surface area contributed by atoms with Crippen molar-refractivity contribution >= 4 is 17.4 Å². The molecule has 1 aromatic rings. The maximum Gasteiger partial charge on any atom is 0.187 e. The molecule has 1 aliphatic carbocycles. The van der Waals surface area contributed by atoms with Crippen LogP contribution in [0.5, 0.6) is 5.75 Å². The summed E-state index contributed by atoms with van der Waals surface area (Å²) < 4.78 is 0. The SMILES string of the molecule is O=C(c1ccc(O)cc1)[C@]1(Cl)C=CC=CC1. The predicted molar refractivity (Wildman–Crippen MR) is 63.9 cm³/mol. The minimum absolute atomic E-state index is 0.138. The van der Waals surface area contributed by atoms with Gasteiger partial charge in [-0.3, -0.25) is 4.79 Å². The van der Waals surface area contributed by atoms with E-state index >= 15 is 0 Å². The van der Waals surface area contributed by atoms with Crippen LogP contribution in [0.15, 0.2) is 48.6 Å². The minimum Gasteiger partial charge on any atom is -0.508 e. The average molecular weight is 235 g/mol. The second-order valence-corrected chi connectivity index (χ2v) is 4.40. The van der Waals surface area contributed by atoms with E-state index in [0.29, 0.717) is 12.0 Å². The third-order valence-corrected chi connectivity index (χ3v) is 2.98. The van der Waals surface area contributed by atoms with E-state index in [4.69, 9.17) is 16.7 Å². The van der Waals surface area contributed by atoms with E-state index in [1.807, 2.05) is 12.2 Å². The molecule has 1 N–H and O–H groups in total. The Bertz CT molecular complexity index is 459. The monoisotopic (exact) mass is 234 g/mol. The smallest absolute Gasteiger partial charge is 0.187 e. The summed E-state index contributed by atoms with van der Waals surface area (Å²) in [4.78, 5) is 11.2. The summed E-state index contributed by atoms with van der Waals surface area (Å²) in [6.45, 7) is 0. The normalized spacial score (nSPS) is 23.3. The van der Waals surface area contributed by atoms with Crippen molar-refractivity contribution in [3.63, 3.8) is 0 Å². The Hall–Kier alpha value is -1.54. The van der Waals surface area contributed by atoms with Gasteiger partial charge in [0.1, 0.15) is 10.6 Å². The van der Waals surface area contributed by atoms with Gasteiger partial charge in [0.2, 0.25) is 0 Å². The van der Waals surface area contributed by atoms with Gasteiger partial charge in [-0.05, 0) is 30.7 Å². The van der Waals surface area contributed by atoms with Crippen LogP contribution in [0.1, 0.15) is 16.8 Å². The zero-order valence-corrected chi connectivity index (χ0v) is 9.32. The van der Waals surface area contributed by atoms with Crippen LogP contribution in [-0.4, -0.2) is 15.8 Å². The van der Waals surface area contributed by atoms with E-state index in [9.17, 15) is 4.79 Å². The molecule has 2 rings (SSSR count). The second-order valence-electron chi connectivity index (χ2n) is 3.73. The number of aromatic hydroxyl groups is 1. The molecule has 16 heavy (non-hydrogen) atoms. The number of ketones is 1. The van der Waals surface area contributed by atoms with Gasteiger partial charge in [0.05, 0.1) is 0 Å². The fourth-order valence-corrected chi connectivity index (χ4v) is 1.89. The number of phenolic OH excluding ortho intramolecular Hbond substituents is 1. The largest absolute Gasteiger partial charge is 0.508 e. The first-order chi connectivity index (χ1) is 7.62. The molecule has 0 spiro atoms. The standard InChI is InChI=1S/C13H11ClO2/c14-13(8-2-1-3-9-13)12(16)10-4-6-11(15)7-5-10/h1-8,15H,9H2/t13-/m0/s1. The lowest BCUT2D eigenvalue weighted by atomic mass is 9.91. The van der Waals surface area contributed by atoms with Gasteiger partial charge < -0.3 is 5.11 Å². The van der Waals surface area contributed by atoms with Crippen molar-refractivity contribution in [2.75, 3.05) is 0 Å². The van der Waals surface area contributed by atoms with E-state index in [1.165, 1.54) is 12.1 Å². The molecule has 1 aliphatic rings. The molecule has 3 heteroatoms. The number of allylic oxidation sites excluding steroid dienone is 4. The van der Waals surface area contributed by atoms with Crippen LogP contribution in [0.2, 0.25) is 0 Å². The number of hydrogen-bond acceptors (Lipinski definition) is 2. The molecule has 0 saturated heterocycles. The second kappa shape index (κ2) is 4.14. The van der Waals surface area contributed by atoms with Crippen molar-refractivity contribution in [3.05, 3.63) is 54.1 Å². The zero-order chi connectivity index (χ0) is 11.6. The molecule has 0 aliphatic heterocycles. The fraction of sp³-hybridized carbons (Fsp3) is 0.154. The van der Waals surface area contributed by atoms with Gasteiger partial charge in [0.15, 0.2) is 5.78 Å². The lowest BCUT2D eigenvalue weighted by Gasteiger charge is -2.22. The summed E-state index contributed by atoms with van der Waals surface area (Å²) in [5.41, 5.74) is 0.507. The molecule has 1 aromatic carbocycles. The predicted octanol–water partition coefficient (Wildman–Crippen LogP) is 3.07. The Morgan fingerprint density at radius 2 is 1.94 bits per heavy atom. The Kier molecular flexibility index (Phi) is 2.84. The number of rotatable bonds is 2. The van der Waals surface area contributed by atoms with E-state index in [0.717, 1.165) is 0 Å². The molecule has 0 saturated carbocycles. The van der Waals surface area contributed by atoms with E-state index < -0.39 is 4.87 Å². The summed E-state index contributed by atoms with van der Waals surface area (Å²) in [5, 5.41) is 9.14. The maximum atomic E-state index is 12.1. The van der Waals surface area contributed by atoms with Crippen molar-refractivity contribution < 1.29 is 9.90 Å². The van der Waals surface area contributed by atoms with Crippen molar-refractivity contribution in [2.24, 2.45) is 0 Å². The van der Waals surface area contributed by atoms with Gasteiger partial charge >= 0.3 is 0 Å². The van der Waals surface area contributed by atoms with Crippen molar-refractivity contribution in [2.45, 2.75) is 11.3 Å². The van der Waals surface area contributed by atoms with E-state index in [1.54, 1.807) is 24.3 Å². The number of phenols is 1. The topological polar surface area (TPSA) is 37.3 Å². The first-order valence-electron chi connectivity index (χ1n) is 4.99. The van der Waals surface area contributed by atoms with E-state index in [-0.39, 0.29) is 11.5 Å². The van der Waals surface area contributed by atoms with Crippen molar-refractivity contribution in [1.29, 1.82) is 0 Å². The van der Waals surface area contributed by atoms with Crippen LogP contribution >= 0.6 is 11.6 Å². The Labute approximate surface area is 98.9 Å². The number of carbonyl (C=O) groups excluding carboxylic acids is 1. The fourth-order valence-electron chi connectivity index (χ4n) is 1.62. The molecule has 2 nitrogen and oxygen atoms in total. The van der Waals surface area contributed by atoms with Crippen LogP contribution in [0.25, 0.3) is 0 Å². The van der Waals surface area contributed by atoms with Crippen molar-refractivity contribution in [3.8, 4) is 5.75 Å². The molecule has 82 valence electrons. The number of hydrogen-bond donors (Lipinski definition) is 1. The lowest BCUT2D eigenvalue weighted by molar-refractivity contribution is 0.0959. The third kappa shape index (κ3) is 2.02. The minimum atomic E-state index is -0.980. The third-order valence-electron chi connectivity index (χ3n) is 2.53. The maximum absolute atomic E-state index is 12.1. The average Bonchev–Trinajstić information content (AvgIpc) is 2.30. The Morgan fingerprint density at radius 1 is 1.25 bits per heavy atom. The number of carbonyl (C=O) groups is 1. The molecule has 0 fully saturated rings. The van der Waals surface area contributed by atoms with Crippen LogP contribution in [0, 0.1) is 0 Å². The van der Waals surface area contributed by atoms with Gasteiger partial charge in [0.25, 0.3) is 0 Å². The van der Waals surface area contributed by atoms with Gasteiger partial charge in [0, 0.05) is 5.56 Å². The highest BCUT2D eigenvalue weighted by molar-refractivity contribution is 6.39. The van der Waals surface area contributed by atoms with Gasteiger partial charge in [-0.1, -0.05) is 24.3 Å². The lowest BCUT2D eigenvalue weighted by Crippen LogP contribution is -2.30. The Morgan fingerprint density at radius 3 is 2.50 bits per heavy atom. The molecule has 0 amide bonds. The molecule has 0 radical (unpaired) electrons. The summed E-state index contributed by atoms with van der Waals surface area (Å²) in [7, 11) is 0. The number of benzene rings is 1. The summed E-state index contributed by atoms with van der Waals surface area (Å²) in [6, 6.07) is 6.12. The molecule has 0 heterocycles. The molecule has 0 bridgehead atoms. The van der Waals surface area contributed by atoms with Crippen LogP contribution in [0.3, 0.4) is 0 Å². The molecule has 0 aromatic heterocycles. The highest BCUT2D eigenvalue weighted by Crippen LogP contribution is 2.30. The van der Waals surface area contributed by atoms with E-state index in [2.05, 4.69) is 0 Å². The highest BCUT2D eigenvalue weighted by atomic mass is 35.5. The summed E-state index contributed by atoms with van der Waals surface area (Å²) in [6.07, 6.45) is 7.69.